The molecule has 1 unspecified atom stereocenters. The monoisotopic (exact) mass is 382 g/mol. The number of allylic oxidation sites excluding steroid dienone is 2. The van der Waals surface area contributed by atoms with Crippen molar-refractivity contribution in [3.8, 4) is 0 Å². The summed E-state index contributed by atoms with van der Waals surface area (Å²) >= 11 is 0. The van der Waals surface area contributed by atoms with Crippen LogP contribution in [0.1, 0.15) is 110 Å². The lowest BCUT2D eigenvalue weighted by atomic mass is 9.98. The van der Waals surface area contributed by atoms with Crippen molar-refractivity contribution in [2.45, 2.75) is 110 Å². The maximum atomic E-state index is 11.6. The molecule has 0 aromatic heterocycles. The van der Waals surface area contributed by atoms with Crippen LogP contribution in [0.5, 0.6) is 0 Å². The van der Waals surface area contributed by atoms with Crippen LogP contribution in [0, 0.1) is 5.92 Å². The Kier molecular flexibility index (Phi) is 18.5. The van der Waals surface area contributed by atoms with Gasteiger partial charge in [-0.25, -0.2) is 0 Å². The second kappa shape index (κ2) is 19.4. The Morgan fingerprint density at radius 1 is 0.815 bits per heavy atom. The van der Waals surface area contributed by atoms with Crippen molar-refractivity contribution in [2.24, 2.45) is 5.92 Å². The molecule has 0 amide bonds. The number of unbranched alkanes of at least 4 members (excludes halogenated alkanes) is 10. The van der Waals surface area contributed by atoms with Crippen molar-refractivity contribution < 1.29 is 19.4 Å². The van der Waals surface area contributed by atoms with Gasteiger partial charge in [-0.15, -0.1) is 0 Å². The lowest BCUT2D eigenvalue weighted by molar-refractivity contribution is -0.151. The number of hydrogen-bond acceptors (Lipinski definition) is 3. The zero-order valence-electron chi connectivity index (χ0n) is 17.7. The van der Waals surface area contributed by atoms with E-state index in [1.165, 1.54) is 51.4 Å². The summed E-state index contributed by atoms with van der Waals surface area (Å²) in [5.74, 6) is -1.90. The summed E-state index contributed by atoms with van der Waals surface area (Å²) in [6.07, 6.45) is 20.5. The average molecular weight is 383 g/mol. The van der Waals surface area contributed by atoms with Gasteiger partial charge in [0.15, 0.2) is 0 Å². The van der Waals surface area contributed by atoms with E-state index in [1.807, 2.05) is 6.92 Å². The Balaban J connectivity index is 3.59. The van der Waals surface area contributed by atoms with Gasteiger partial charge in [-0.05, 0) is 38.5 Å². The molecule has 0 bridgehead atoms. The van der Waals surface area contributed by atoms with Crippen molar-refractivity contribution in [3.05, 3.63) is 12.2 Å². The fourth-order valence-corrected chi connectivity index (χ4v) is 3.07. The lowest BCUT2D eigenvalue weighted by Gasteiger charge is -2.11. The van der Waals surface area contributed by atoms with Gasteiger partial charge >= 0.3 is 11.9 Å². The van der Waals surface area contributed by atoms with Crippen LogP contribution in [0.4, 0.5) is 0 Å². The summed E-state index contributed by atoms with van der Waals surface area (Å²) in [6.45, 7) is 4.54. The highest BCUT2D eigenvalue weighted by Crippen LogP contribution is 2.16. The van der Waals surface area contributed by atoms with Crippen LogP contribution < -0.4 is 0 Å². The van der Waals surface area contributed by atoms with E-state index in [4.69, 9.17) is 4.74 Å². The van der Waals surface area contributed by atoms with Gasteiger partial charge in [-0.2, -0.15) is 0 Å². The topological polar surface area (TPSA) is 63.6 Å². The van der Waals surface area contributed by atoms with Crippen molar-refractivity contribution in [2.75, 3.05) is 6.61 Å². The maximum Gasteiger partial charge on any atom is 0.307 e. The van der Waals surface area contributed by atoms with Crippen molar-refractivity contribution >= 4 is 11.9 Å². The molecule has 0 spiro atoms. The largest absolute Gasteiger partial charge is 0.481 e. The predicted molar refractivity (Wildman–Crippen MR) is 112 cm³/mol. The highest BCUT2D eigenvalue weighted by Gasteiger charge is 2.21. The molecule has 0 saturated heterocycles. The first-order valence-electron chi connectivity index (χ1n) is 11.1. The molecule has 0 radical (unpaired) electrons. The zero-order valence-corrected chi connectivity index (χ0v) is 17.7. The molecule has 0 saturated carbocycles. The minimum absolute atomic E-state index is 0.0103. The number of aliphatic carboxylic acids is 1. The van der Waals surface area contributed by atoms with Crippen molar-refractivity contribution in [1.29, 1.82) is 0 Å². The fourth-order valence-electron chi connectivity index (χ4n) is 3.07. The Hall–Kier alpha value is -1.32. The number of rotatable bonds is 19. The highest BCUT2D eigenvalue weighted by atomic mass is 16.5. The maximum absolute atomic E-state index is 11.6. The summed E-state index contributed by atoms with van der Waals surface area (Å²) in [5, 5.41) is 9.23. The number of ether oxygens (including phenoxy) is 1. The molecule has 0 aromatic rings. The molecule has 0 rings (SSSR count). The molecule has 27 heavy (non-hydrogen) atoms. The Morgan fingerprint density at radius 2 is 1.37 bits per heavy atom. The van der Waals surface area contributed by atoms with E-state index < -0.39 is 17.9 Å². The lowest BCUT2D eigenvalue weighted by Crippen LogP contribution is -2.19. The quantitative estimate of drug-likeness (QED) is 0.154. The number of hydrogen-bond donors (Lipinski definition) is 1. The Bertz CT molecular complexity index is 390. The first-order chi connectivity index (χ1) is 13.1. The Morgan fingerprint density at radius 3 is 1.93 bits per heavy atom. The van der Waals surface area contributed by atoms with Crippen LogP contribution in [-0.4, -0.2) is 23.7 Å². The zero-order chi connectivity index (χ0) is 20.2. The molecule has 0 heterocycles. The van der Waals surface area contributed by atoms with Gasteiger partial charge in [0.05, 0.1) is 18.9 Å². The first-order valence-corrected chi connectivity index (χ1v) is 11.1. The molecule has 0 aliphatic carbocycles. The number of carbonyl (C=O) groups is 2. The first kappa shape index (κ1) is 25.7. The summed E-state index contributed by atoms with van der Waals surface area (Å²) in [6, 6.07) is 0. The molecule has 158 valence electrons. The summed E-state index contributed by atoms with van der Waals surface area (Å²) in [7, 11) is 0. The van der Waals surface area contributed by atoms with E-state index in [0.29, 0.717) is 13.0 Å². The normalized spacial score (nSPS) is 12.4. The van der Waals surface area contributed by atoms with E-state index in [0.717, 1.165) is 32.1 Å². The molecular formula is C23H42O4. The minimum atomic E-state index is -0.895. The van der Waals surface area contributed by atoms with Gasteiger partial charge in [0.1, 0.15) is 0 Å². The summed E-state index contributed by atoms with van der Waals surface area (Å²) in [5.41, 5.74) is 0. The van der Waals surface area contributed by atoms with E-state index in [1.54, 1.807) is 0 Å². The van der Waals surface area contributed by atoms with E-state index >= 15 is 0 Å². The molecule has 4 nitrogen and oxygen atoms in total. The van der Waals surface area contributed by atoms with Crippen LogP contribution in [0.15, 0.2) is 12.2 Å². The van der Waals surface area contributed by atoms with Crippen LogP contribution in [0.3, 0.4) is 0 Å². The van der Waals surface area contributed by atoms with E-state index in [2.05, 4.69) is 19.1 Å². The molecule has 4 heteroatoms. The summed E-state index contributed by atoms with van der Waals surface area (Å²) in [4.78, 5) is 22.8. The van der Waals surface area contributed by atoms with Gasteiger partial charge in [0.2, 0.25) is 0 Å². The molecule has 0 fully saturated rings. The fraction of sp³-hybridized carbons (Fsp3) is 0.826. The van der Waals surface area contributed by atoms with Gasteiger partial charge in [0, 0.05) is 0 Å². The molecule has 1 atom stereocenters. The SMILES string of the molecule is CCCCCCCCCC/C=C/CCCCC(CC(=O)OCCC)C(=O)O. The number of carbonyl (C=O) groups excluding carboxylic acids is 1. The van der Waals surface area contributed by atoms with E-state index in [9.17, 15) is 14.7 Å². The third kappa shape index (κ3) is 17.8. The molecule has 0 aliphatic rings. The number of carboxylic acids is 1. The van der Waals surface area contributed by atoms with Crippen LogP contribution >= 0.6 is 0 Å². The molecule has 1 N–H and O–H groups in total. The molecular weight excluding hydrogens is 340 g/mol. The number of esters is 1. The second-order valence-corrected chi connectivity index (χ2v) is 7.48. The van der Waals surface area contributed by atoms with Crippen LogP contribution in [0.25, 0.3) is 0 Å². The van der Waals surface area contributed by atoms with Crippen LogP contribution in [0.2, 0.25) is 0 Å². The predicted octanol–water partition coefficient (Wildman–Crippen LogP) is 6.68. The molecule has 0 aromatic carbocycles. The minimum Gasteiger partial charge on any atom is -0.481 e. The van der Waals surface area contributed by atoms with Crippen LogP contribution in [-0.2, 0) is 14.3 Å². The van der Waals surface area contributed by atoms with Gasteiger partial charge in [0.25, 0.3) is 0 Å². The number of carboxylic acid groups (broad SMARTS) is 1. The van der Waals surface area contributed by atoms with E-state index in [-0.39, 0.29) is 6.42 Å². The van der Waals surface area contributed by atoms with Crippen molar-refractivity contribution in [3.63, 3.8) is 0 Å². The third-order valence-corrected chi connectivity index (χ3v) is 4.79. The van der Waals surface area contributed by atoms with Gasteiger partial charge < -0.3 is 9.84 Å². The van der Waals surface area contributed by atoms with Gasteiger partial charge in [-0.1, -0.05) is 77.4 Å². The van der Waals surface area contributed by atoms with Gasteiger partial charge in [-0.3, -0.25) is 9.59 Å². The summed E-state index contributed by atoms with van der Waals surface area (Å²) < 4.78 is 4.98. The third-order valence-electron chi connectivity index (χ3n) is 4.79. The van der Waals surface area contributed by atoms with Crippen molar-refractivity contribution in [1.82, 2.24) is 0 Å². The average Bonchev–Trinajstić information content (AvgIpc) is 2.65. The Labute approximate surface area is 166 Å². The standard InChI is InChI=1S/C23H42O4/c1-3-5-6-7-8-9-10-11-12-13-14-15-16-17-18-21(23(25)26)20-22(24)27-19-4-2/h13-14,21H,3-12,15-20H2,1-2H3,(H,25,26)/b14-13+. The highest BCUT2D eigenvalue weighted by molar-refractivity contribution is 5.78. The smallest absolute Gasteiger partial charge is 0.307 e. The second-order valence-electron chi connectivity index (χ2n) is 7.48. The molecule has 0 aliphatic heterocycles.